The molecule has 0 spiro atoms. The van der Waals surface area contributed by atoms with Gasteiger partial charge in [0.05, 0.1) is 4.47 Å². The van der Waals surface area contributed by atoms with Crippen LogP contribution in [0, 0.1) is 12.7 Å². The minimum absolute atomic E-state index is 0.182. The second-order valence-corrected chi connectivity index (χ2v) is 5.21. The molecule has 0 bridgehead atoms. The summed E-state index contributed by atoms with van der Waals surface area (Å²) in [7, 11) is 0. The molecule has 0 aliphatic carbocycles. The van der Waals surface area contributed by atoms with Crippen molar-refractivity contribution in [3.63, 3.8) is 0 Å². The van der Waals surface area contributed by atoms with E-state index in [4.69, 9.17) is 10.5 Å². The van der Waals surface area contributed by atoms with E-state index in [0.717, 1.165) is 15.6 Å². The first kappa shape index (κ1) is 14.0. The standard InChI is InChI=1S/C15H15BrFNO/c1-10-2-5-15(13(16)6-10)19-9-12-7-11(8-18)3-4-14(12)17/h2-7H,8-9,18H2,1H3. The molecule has 2 aromatic carbocycles. The summed E-state index contributed by atoms with van der Waals surface area (Å²) in [5.74, 6) is 0.420. The van der Waals surface area contributed by atoms with Gasteiger partial charge in [-0.05, 0) is 58.2 Å². The molecule has 0 amide bonds. The van der Waals surface area contributed by atoms with Crippen molar-refractivity contribution >= 4 is 15.9 Å². The van der Waals surface area contributed by atoms with Crippen LogP contribution in [0.3, 0.4) is 0 Å². The predicted molar refractivity (Wildman–Crippen MR) is 77.5 cm³/mol. The Morgan fingerprint density at radius 3 is 2.68 bits per heavy atom. The van der Waals surface area contributed by atoms with E-state index in [-0.39, 0.29) is 12.4 Å². The Bertz CT molecular complexity index is 586. The van der Waals surface area contributed by atoms with Crippen LogP contribution in [0.4, 0.5) is 4.39 Å². The quantitative estimate of drug-likeness (QED) is 0.925. The summed E-state index contributed by atoms with van der Waals surface area (Å²) in [6.45, 7) is 2.57. The summed E-state index contributed by atoms with van der Waals surface area (Å²) in [5.41, 5.74) is 8.08. The van der Waals surface area contributed by atoms with Gasteiger partial charge in [-0.25, -0.2) is 4.39 Å². The fraction of sp³-hybridized carbons (Fsp3) is 0.200. The number of rotatable bonds is 4. The Morgan fingerprint density at radius 2 is 2.00 bits per heavy atom. The van der Waals surface area contributed by atoms with Gasteiger partial charge in [-0.3, -0.25) is 0 Å². The number of benzene rings is 2. The first-order chi connectivity index (χ1) is 9.10. The van der Waals surface area contributed by atoms with Gasteiger partial charge in [0.2, 0.25) is 0 Å². The van der Waals surface area contributed by atoms with Crippen LogP contribution in [0.15, 0.2) is 40.9 Å². The molecule has 4 heteroatoms. The third kappa shape index (κ3) is 3.55. The number of halogens is 2. The molecule has 0 saturated carbocycles. The Morgan fingerprint density at radius 1 is 1.21 bits per heavy atom. The van der Waals surface area contributed by atoms with Crippen molar-refractivity contribution in [1.82, 2.24) is 0 Å². The van der Waals surface area contributed by atoms with E-state index in [9.17, 15) is 4.39 Å². The number of nitrogens with two attached hydrogens (primary N) is 1. The number of hydrogen-bond acceptors (Lipinski definition) is 2. The highest BCUT2D eigenvalue weighted by Gasteiger charge is 2.06. The summed E-state index contributed by atoms with van der Waals surface area (Å²) in [6.07, 6.45) is 0. The molecule has 0 aromatic heterocycles. The van der Waals surface area contributed by atoms with Crippen LogP contribution < -0.4 is 10.5 Å². The third-order valence-electron chi connectivity index (χ3n) is 2.82. The van der Waals surface area contributed by atoms with Crippen molar-refractivity contribution in [3.05, 3.63) is 63.4 Å². The highest BCUT2D eigenvalue weighted by atomic mass is 79.9. The number of hydrogen-bond donors (Lipinski definition) is 1. The first-order valence-corrected chi connectivity index (χ1v) is 6.76. The topological polar surface area (TPSA) is 35.2 Å². The molecule has 2 aromatic rings. The largest absolute Gasteiger partial charge is 0.488 e. The molecule has 0 saturated heterocycles. The van der Waals surface area contributed by atoms with Crippen LogP contribution in [-0.2, 0) is 13.2 Å². The van der Waals surface area contributed by atoms with Crippen LogP contribution in [0.25, 0.3) is 0 Å². The molecule has 2 nitrogen and oxygen atoms in total. The molecular weight excluding hydrogens is 309 g/mol. The number of ether oxygens (including phenoxy) is 1. The molecule has 0 aliphatic rings. The predicted octanol–water partition coefficient (Wildman–Crippen LogP) is 3.93. The molecule has 2 rings (SSSR count). The normalized spacial score (nSPS) is 10.5. The van der Waals surface area contributed by atoms with E-state index in [1.54, 1.807) is 12.1 Å². The van der Waals surface area contributed by atoms with Gasteiger partial charge in [0, 0.05) is 12.1 Å². The second kappa shape index (κ2) is 6.17. The van der Waals surface area contributed by atoms with Crippen molar-refractivity contribution in [1.29, 1.82) is 0 Å². The van der Waals surface area contributed by atoms with Crippen LogP contribution in [0.2, 0.25) is 0 Å². The van der Waals surface area contributed by atoms with Crippen molar-refractivity contribution in [2.24, 2.45) is 5.73 Å². The van der Waals surface area contributed by atoms with Crippen LogP contribution >= 0.6 is 15.9 Å². The van der Waals surface area contributed by atoms with Gasteiger partial charge in [0.15, 0.2) is 0 Å². The molecule has 2 N–H and O–H groups in total. The zero-order valence-corrected chi connectivity index (χ0v) is 12.2. The zero-order valence-electron chi connectivity index (χ0n) is 10.6. The Balaban J connectivity index is 2.14. The summed E-state index contributed by atoms with van der Waals surface area (Å²) in [4.78, 5) is 0. The summed E-state index contributed by atoms with van der Waals surface area (Å²) in [6, 6.07) is 10.6. The lowest BCUT2D eigenvalue weighted by Gasteiger charge is -2.10. The van der Waals surface area contributed by atoms with E-state index in [1.165, 1.54) is 6.07 Å². The van der Waals surface area contributed by atoms with E-state index in [2.05, 4.69) is 15.9 Å². The van der Waals surface area contributed by atoms with Gasteiger partial charge in [-0.2, -0.15) is 0 Å². The Kier molecular flexibility index (Phi) is 4.56. The van der Waals surface area contributed by atoms with E-state index >= 15 is 0 Å². The Hall–Kier alpha value is -1.39. The van der Waals surface area contributed by atoms with E-state index in [1.807, 2.05) is 25.1 Å². The molecule has 0 unspecified atom stereocenters. The molecule has 0 atom stereocenters. The van der Waals surface area contributed by atoms with Crippen molar-refractivity contribution < 1.29 is 9.13 Å². The summed E-state index contributed by atoms with van der Waals surface area (Å²) < 4.78 is 20.1. The van der Waals surface area contributed by atoms with Gasteiger partial charge in [0.1, 0.15) is 18.2 Å². The van der Waals surface area contributed by atoms with E-state index < -0.39 is 0 Å². The highest BCUT2D eigenvalue weighted by Crippen LogP contribution is 2.26. The van der Waals surface area contributed by atoms with Crippen molar-refractivity contribution in [3.8, 4) is 5.75 Å². The lowest BCUT2D eigenvalue weighted by Crippen LogP contribution is -2.03. The second-order valence-electron chi connectivity index (χ2n) is 4.35. The first-order valence-electron chi connectivity index (χ1n) is 5.96. The highest BCUT2D eigenvalue weighted by molar-refractivity contribution is 9.10. The molecule has 0 heterocycles. The summed E-state index contributed by atoms with van der Waals surface area (Å²) >= 11 is 3.43. The van der Waals surface area contributed by atoms with Gasteiger partial charge in [-0.1, -0.05) is 12.1 Å². The number of aryl methyl sites for hydroxylation is 1. The lowest BCUT2D eigenvalue weighted by atomic mass is 10.1. The smallest absolute Gasteiger partial charge is 0.134 e. The average Bonchev–Trinajstić information content (AvgIpc) is 2.39. The van der Waals surface area contributed by atoms with Gasteiger partial charge in [-0.15, -0.1) is 0 Å². The van der Waals surface area contributed by atoms with E-state index in [0.29, 0.717) is 17.9 Å². The van der Waals surface area contributed by atoms with Gasteiger partial charge >= 0.3 is 0 Å². The maximum absolute atomic E-state index is 13.6. The van der Waals surface area contributed by atoms with Crippen LogP contribution in [0.1, 0.15) is 16.7 Å². The van der Waals surface area contributed by atoms with Crippen molar-refractivity contribution in [2.45, 2.75) is 20.1 Å². The van der Waals surface area contributed by atoms with Gasteiger partial charge in [0.25, 0.3) is 0 Å². The molecule has 0 radical (unpaired) electrons. The molecule has 0 aliphatic heterocycles. The van der Waals surface area contributed by atoms with Gasteiger partial charge < -0.3 is 10.5 Å². The zero-order chi connectivity index (χ0) is 13.8. The van der Waals surface area contributed by atoms with Crippen molar-refractivity contribution in [2.75, 3.05) is 0 Å². The monoisotopic (exact) mass is 323 g/mol. The molecule has 100 valence electrons. The lowest BCUT2D eigenvalue weighted by molar-refractivity contribution is 0.298. The van der Waals surface area contributed by atoms with Crippen LogP contribution in [0.5, 0.6) is 5.75 Å². The molecule has 19 heavy (non-hydrogen) atoms. The average molecular weight is 324 g/mol. The Labute approximate surface area is 120 Å². The third-order valence-corrected chi connectivity index (χ3v) is 3.44. The fourth-order valence-electron chi connectivity index (χ4n) is 1.74. The minimum atomic E-state index is -0.277. The fourth-order valence-corrected chi connectivity index (χ4v) is 2.35. The summed E-state index contributed by atoms with van der Waals surface area (Å²) in [5, 5.41) is 0. The maximum atomic E-state index is 13.6. The molecule has 0 fully saturated rings. The molecular formula is C15H15BrFNO. The minimum Gasteiger partial charge on any atom is -0.488 e. The maximum Gasteiger partial charge on any atom is 0.134 e. The van der Waals surface area contributed by atoms with Crippen LogP contribution in [-0.4, -0.2) is 0 Å². The SMILES string of the molecule is Cc1ccc(OCc2cc(CN)ccc2F)c(Br)c1.